The molecule has 5 heteroatoms. The molecule has 2 N–H and O–H groups in total. The molecule has 0 atom stereocenters. The summed E-state index contributed by atoms with van der Waals surface area (Å²) in [4.78, 5) is 13.3. The van der Waals surface area contributed by atoms with Crippen molar-refractivity contribution in [2.24, 2.45) is 0 Å². The van der Waals surface area contributed by atoms with Crippen LogP contribution in [0.15, 0.2) is 42.5 Å². The zero-order valence-electron chi connectivity index (χ0n) is 10.9. The number of anilines is 1. The number of amides is 1. The molecule has 20 heavy (non-hydrogen) atoms. The van der Waals surface area contributed by atoms with Gasteiger partial charge in [-0.3, -0.25) is 4.79 Å². The fraction of sp³-hybridized carbons (Fsp3) is 0.133. The predicted molar refractivity (Wildman–Crippen MR) is 73.0 cm³/mol. The van der Waals surface area contributed by atoms with Crippen molar-refractivity contribution in [3.63, 3.8) is 0 Å². The highest BCUT2D eigenvalue weighted by atomic mass is 19.1. The van der Waals surface area contributed by atoms with Crippen LogP contribution in [0.4, 0.5) is 14.5 Å². The first kappa shape index (κ1) is 14.0. The first-order chi connectivity index (χ1) is 9.49. The fourth-order valence-corrected chi connectivity index (χ4v) is 1.93. The van der Waals surface area contributed by atoms with Gasteiger partial charge in [-0.1, -0.05) is 18.2 Å². The Balaban J connectivity index is 2.21. The molecule has 0 spiro atoms. The lowest BCUT2D eigenvalue weighted by Gasteiger charge is -2.18. The van der Waals surface area contributed by atoms with E-state index >= 15 is 0 Å². The lowest BCUT2D eigenvalue weighted by Crippen LogP contribution is -2.28. The number of benzene rings is 2. The maximum Gasteiger partial charge on any atom is 0.259 e. The van der Waals surface area contributed by atoms with Crippen molar-refractivity contribution in [1.82, 2.24) is 4.90 Å². The number of rotatable bonds is 3. The predicted octanol–water partition coefficient (Wildman–Crippen LogP) is 2.82. The molecule has 0 radical (unpaired) electrons. The third-order valence-electron chi connectivity index (χ3n) is 2.89. The summed E-state index contributed by atoms with van der Waals surface area (Å²) in [5, 5.41) is 0. The van der Waals surface area contributed by atoms with Crippen LogP contribution >= 0.6 is 0 Å². The molecule has 0 heterocycles. The maximum absolute atomic E-state index is 13.6. The first-order valence-electron chi connectivity index (χ1n) is 6.03. The molecule has 3 nitrogen and oxygen atoms in total. The van der Waals surface area contributed by atoms with E-state index in [0.29, 0.717) is 5.69 Å². The molecule has 2 aromatic carbocycles. The summed E-state index contributed by atoms with van der Waals surface area (Å²) >= 11 is 0. The normalized spacial score (nSPS) is 10.3. The van der Waals surface area contributed by atoms with Gasteiger partial charge in [0, 0.05) is 19.3 Å². The Morgan fingerprint density at radius 3 is 2.35 bits per heavy atom. The summed E-state index contributed by atoms with van der Waals surface area (Å²) in [5.74, 6) is -2.44. The van der Waals surface area contributed by atoms with Crippen LogP contribution in [0, 0.1) is 11.6 Å². The van der Waals surface area contributed by atoms with Gasteiger partial charge in [0.2, 0.25) is 0 Å². The zero-order valence-corrected chi connectivity index (χ0v) is 10.9. The van der Waals surface area contributed by atoms with E-state index < -0.39 is 23.1 Å². The van der Waals surface area contributed by atoms with Gasteiger partial charge < -0.3 is 10.6 Å². The van der Waals surface area contributed by atoms with Crippen LogP contribution < -0.4 is 5.73 Å². The molecule has 0 aliphatic heterocycles. The second-order valence-corrected chi connectivity index (χ2v) is 4.50. The van der Waals surface area contributed by atoms with E-state index in [1.165, 1.54) is 18.0 Å². The van der Waals surface area contributed by atoms with Crippen LogP contribution in [-0.2, 0) is 6.54 Å². The van der Waals surface area contributed by atoms with E-state index in [2.05, 4.69) is 0 Å². The minimum absolute atomic E-state index is 0.220. The number of carbonyl (C=O) groups excluding carboxylic acids is 1. The van der Waals surface area contributed by atoms with Crippen LogP contribution in [0.25, 0.3) is 0 Å². The summed E-state index contributed by atoms with van der Waals surface area (Å²) in [6, 6.07) is 10.3. The first-order valence-corrected chi connectivity index (χ1v) is 6.03. The molecule has 2 aromatic rings. The van der Waals surface area contributed by atoms with Crippen molar-refractivity contribution in [2.45, 2.75) is 6.54 Å². The number of hydrogen-bond acceptors (Lipinski definition) is 2. The number of halogens is 2. The number of nitrogen functional groups attached to an aromatic ring is 1. The third-order valence-corrected chi connectivity index (χ3v) is 2.89. The Kier molecular flexibility index (Phi) is 3.98. The molecule has 0 bridgehead atoms. The van der Waals surface area contributed by atoms with Crippen molar-refractivity contribution in [3.05, 3.63) is 65.2 Å². The van der Waals surface area contributed by atoms with Gasteiger partial charge in [0.05, 0.1) is 0 Å². The summed E-state index contributed by atoms with van der Waals surface area (Å²) in [6.07, 6.45) is 0. The van der Waals surface area contributed by atoms with Crippen molar-refractivity contribution in [2.75, 3.05) is 12.8 Å². The van der Waals surface area contributed by atoms with Gasteiger partial charge in [-0.2, -0.15) is 0 Å². The summed E-state index contributed by atoms with van der Waals surface area (Å²) in [6.45, 7) is 0.220. The average molecular weight is 276 g/mol. The molecule has 104 valence electrons. The highest BCUT2D eigenvalue weighted by Gasteiger charge is 2.20. The second kappa shape index (κ2) is 5.69. The quantitative estimate of drug-likeness (QED) is 0.876. The van der Waals surface area contributed by atoms with Gasteiger partial charge in [-0.25, -0.2) is 8.78 Å². The highest BCUT2D eigenvalue weighted by Crippen LogP contribution is 2.16. The molecule has 0 fully saturated rings. The fourth-order valence-electron chi connectivity index (χ4n) is 1.93. The topological polar surface area (TPSA) is 46.3 Å². The van der Waals surface area contributed by atoms with Gasteiger partial charge in [0.15, 0.2) is 0 Å². The molecular formula is C15H14F2N2O. The van der Waals surface area contributed by atoms with Crippen LogP contribution in [0.2, 0.25) is 0 Å². The Bertz CT molecular complexity index is 623. The Labute approximate surface area is 115 Å². The van der Waals surface area contributed by atoms with E-state index in [1.807, 2.05) is 0 Å². The SMILES string of the molecule is CN(Cc1cccc(N)c1)C(=O)c1c(F)cccc1F. The van der Waals surface area contributed by atoms with Crippen LogP contribution in [0.3, 0.4) is 0 Å². The zero-order chi connectivity index (χ0) is 14.7. The third kappa shape index (κ3) is 2.93. The van der Waals surface area contributed by atoms with Crippen molar-refractivity contribution >= 4 is 11.6 Å². The van der Waals surface area contributed by atoms with E-state index in [9.17, 15) is 13.6 Å². The minimum Gasteiger partial charge on any atom is -0.399 e. The average Bonchev–Trinajstić information content (AvgIpc) is 2.38. The summed E-state index contributed by atoms with van der Waals surface area (Å²) in [5.41, 5.74) is 6.46. The van der Waals surface area contributed by atoms with Crippen LogP contribution in [0.1, 0.15) is 15.9 Å². The Hall–Kier alpha value is -2.43. The molecular weight excluding hydrogens is 262 g/mol. The Morgan fingerprint density at radius 2 is 1.75 bits per heavy atom. The summed E-state index contributed by atoms with van der Waals surface area (Å²) in [7, 11) is 1.48. The highest BCUT2D eigenvalue weighted by molar-refractivity contribution is 5.94. The van der Waals surface area contributed by atoms with Gasteiger partial charge >= 0.3 is 0 Å². The van der Waals surface area contributed by atoms with Gasteiger partial charge in [-0.15, -0.1) is 0 Å². The van der Waals surface area contributed by atoms with E-state index in [-0.39, 0.29) is 6.54 Å². The number of carbonyl (C=O) groups is 1. The lowest BCUT2D eigenvalue weighted by atomic mass is 10.1. The second-order valence-electron chi connectivity index (χ2n) is 4.50. The molecule has 1 amide bonds. The number of nitrogens with two attached hydrogens (primary N) is 1. The molecule has 0 aliphatic carbocycles. The van der Waals surface area contributed by atoms with Crippen LogP contribution in [-0.4, -0.2) is 17.9 Å². The molecule has 0 saturated carbocycles. The molecule has 0 aromatic heterocycles. The van der Waals surface area contributed by atoms with E-state index in [4.69, 9.17) is 5.73 Å². The molecule has 0 aliphatic rings. The van der Waals surface area contributed by atoms with Crippen LogP contribution in [0.5, 0.6) is 0 Å². The monoisotopic (exact) mass is 276 g/mol. The van der Waals surface area contributed by atoms with Gasteiger partial charge in [0.25, 0.3) is 5.91 Å². The Morgan fingerprint density at radius 1 is 1.15 bits per heavy atom. The van der Waals surface area contributed by atoms with Crippen molar-refractivity contribution in [1.29, 1.82) is 0 Å². The number of hydrogen-bond donors (Lipinski definition) is 1. The largest absolute Gasteiger partial charge is 0.399 e. The van der Waals surface area contributed by atoms with Gasteiger partial charge in [-0.05, 0) is 29.8 Å². The number of nitrogens with zero attached hydrogens (tertiary/aromatic N) is 1. The van der Waals surface area contributed by atoms with E-state index in [0.717, 1.165) is 17.7 Å². The molecule has 0 unspecified atom stereocenters. The molecule has 2 rings (SSSR count). The van der Waals surface area contributed by atoms with Crippen molar-refractivity contribution in [3.8, 4) is 0 Å². The molecule has 0 saturated heterocycles. The maximum atomic E-state index is 13.6. The van der Waals surface area contributed by atoms with E-state index in [1.54, 1.807) is 24.3 Å². The van der Waals surface area contributed by atoms with Crippen molar-refractivity contribution < 1.29 is 13.6 Å². The smallest absolute Gasteiger partial charge is 0.259 e. The lowest BCUT2D eigenvalue weighted by molar-refractivity contribution is 0.0775. The summed E-state index contributed by atoms with van der Waals surface area (Å²) < 4.78 is 27.1. The standard InChI is InChI=1S/C15H14F2N2O/c1-19(9-10-4-2-5-11(18)8-10)15(20)14-12(16)6-3-7-13(14)17/h2-8H,9,18H2,1H3. The van der Waals surface area contributed by atoms with Gasteiger partial charge in [0.1, 0.15) is 17.2 Å². The minimum atomic E-state index is -0.866.